The number of ether oxygens (including phenoxy) is 1. The van der Waals surface area contributed by atoms with Crippen LogP contribution in [-0.4, -0.2) is 27.1 Å². The van der Waals surface area contributed by atoms with E-state index in [1.807, 2.05) is 49.4 Å². The van der Waals surface area contributed by atoms with Crippen LogP contribution in [0.5, 0.6) is 5.88 Å². The van der Waals surface area contributed by atoms with Crippen LogP contribution in [0.3, 0.4) is 0 Å². The molecule has 0 saturated carbocycles. The number of aromatic nitrogens is 3. The van der Waals surface area contributed by atoms with Gasteiger partial charge in [-0.15, -0.1) is 0 Å². The van der Waals surface area contributed by atoms with Crippen molar-refractivity contribution in [2.24, 2.45) is 5.73 Å². The molecule has 3 aromatic rings. The van der Waals surface area contributed by atoms with Crippen molar-refractivity contribution in [1.29, 1.82) is 0 Å². The summed E-state index contributed by atoms with van der Waals surface area (Å²) < 4.78 is 7.93. The van der Waals surface area contributed by atoms with Gasteiger partial charge in [-0.1, -0.05) is 34.1 Å². The zero-order valence-electron chi connectivity index (χ0n) is 15.9. The number of rotatable bonds is 8. The number of hydrogen-bond acceptors (Lipinski definition) is 5. The molecule has 0 aliphatic heterocycles. The highest BCUT2D eigenvalue weighted by molar-refractivity contribution is 9.10. The van der Waals surface area contributed by atoms with Gasteiger partial charge in [-0.3, -0.25) is 4.98 Å². The quantitative estimate of drug-likeness (QED) is 0.509. The van der Waals surface area contributed by atoms with Gasteiger partial charge in [0.05, 0.1) is 11.3 Å². The Morgan fingerprint density at radius 2 is 2.03 bits per heavy atom. The third kappa shape index (κ3) is 4.71. The summed E-state index contributed by atoms with van der Waals surface area (Å²) in [6, 6.07) is 13.3. The second-order valence-electron chi connectivity index (χ2n) is 6.37. The lowest BCUT2D eigenvalue weighted by atomic mass is 9.86. The summed E-state index contributed by atoms with van der Waals surface area (Å²) in [5, 5.41) is 4.65. The number of hydrogen-bond donors (Lipinski definition) is 1. The number of primary amides is 1. The molecule has 3 rings (SSSR count). The number of amides is 1. The van der Waals surface area contributed by atoms with E-state index in [2.05, 4.69) is 26.0 Å². The van der Waals surface area contributed by atoms with E-state index in [-0.39, 0.29) is 11.8 Å². The topological polar surface area (TPSA) is 100 Å². The molecule has 0 aliphatic rings. The molecule has 0 radical (unpaired) electrons. The Balaban J connectivity index is 2.25. The van der Waals surface area contributed by atoms with Crippen LogP contribution >= 0.6 is 15.9 Å². The van der Waals surface area contributed by atoms with Crippen molar-refractivity contribution in [3.8, 4) is 17.3 Å². The fourth-order valence-corrected chi connectivity index (χ4v) is 3.56. The van der Waals surface area contributed by atoms with Gasteiger partial charge >= 0.3 is 6.09 Å². The van der Waals surface area contributed by atoms with Crippen molar-refractivity contribution in [1.82, 2.24) is 14.8 Å². The highest BCUT2D eigenvalue weighted by atomic mass is 79.9. The SMILES string of the molecule is CCn1nc(-c2ccccn2)c(C(CCC=O)c2ccc(Br)cc2)c1OC(N)=O. The fourth-order valence-electron chi connectivity index (χ4n) is 3.29. The highest BCUT2D eigenvalue weighted by Crippen LogP contribution is 2.41. The molecule has 0 saturated heterocycles. The number of aldehydes is 1. The summed E-state index contributed by atoms with van der Waals surface area (Å²) >= 11 is 3.45. The number of nitrogens with zero attached hydrogens (tertiary/aromatic N) is 3. The van der Waals surface area contributed by atoms with E-state index in [0.29, 0.717) is 36.3 Å². The molecule has 1 aromatic carbocycles. The van der Waals surface area contributed by atoms with Crippen LogP contribution < -0.4 is 10.5 Å². The number of benzene rings is 1. The first-order valence-electron chi connectivity index (χ1n) is 9.23. The Morgan fingerprint density at radius 1 is 1.28 bits per heavy atom. The number of aryl methyl sites for hydroxylation is 1. The third-order valence-electron chi connectivity index (χ3n) is 4.54. The highest BCUT2D eigenvalue weighted by Gasteiger charge is 2.29. The van der Waals surface area contributed by atoms with E-state index in [1.54, 1.807) is 10.9 Å². The minimum Gasteiger partial charge on any atom is -0.391 e. The van der Waals surface area contributed by atoms with Gasteiger partial charge in [0.25, 0.3) is 0 Å². The van der Waals surface area contributed by atoms with Gasteiger partial charge in [-0.25, -0.2) is 9.48 Å². The maximum Gasteiger partial charge on any atom is 0.411 e. The summed E-state index contributed by atoms with van der Waals surface area (Å²) in [7, 11) is 0. The Labute approximate surface area is 177 Å². The van der Waals surface area contributed by atoms with Crippen molar-refractivity contribution < 1.29 is 14.3 Å². The normalized spacial score (nSPS) is 11.8. The average Bonchev–Trinajstić information content (AvgIpc) is 3.08. The van der Waals surface area contributed by atoms with Crippen molar-refractivity contribution in [3.05, 3.63) is 64.3 Å². The van der Waals surface area contributed by atoms with E-state index in [4.69, 9.17) is 10.5 Å². The van der Waals surface area contributed by atoms with E-state index >= 15 is 0 Å². The predicted molar refractivity (Wildman–Crippen MR) is 113 cm³/mol. The van der Waals surface area contributed by atoms with E-state index in [1.165, 1.54) is 0 Å². The molecule has 0 fully saturated rings. The van der Waals surface area contributed by atoms with E-state index in [0.717, 1.165) is 16.3 Å². The Kier molecular flexibility index (Phi) is 6.77. The van der Waals surface area contributed by atoms with Gasteiger partial charge in [0, 0.05) is 29.6 Å². The van der Waals surface area contributed by atoms with Crippen molar-refractivity contribution in [2.45, 2.75) is 32.2 Å². The van der Waals surface area contributed by atoms with Crippen LogP contribution in [0, 0.1) is 0 Å². The number of halogens is 1. The molecule has 0 spiro atoms. The standard InChI is InChI=1S/C21H21BrN4O3/c1-2-26-20(29-21(23)28)18(19(25-26)17-7-3-4-12-24-17)16(6-5-13-27)14-8-10-15(22)11-9-14/h3-4,7-13,16H,2,5-6H2,1H3,(H2,23,28). The van der Waals surface area contributed by atoms with Crippen LogP contribution in [0.25, 0.3) is 11.4 Å². The summed E-state index contributed by atoms with van der Waals surface area (Å²) in [6.07, 6.45) is 2.51. The predicted octanol–water partition coefficient (Wildman–Crippen LogP) is 4.30. The largest absolute Gasteiger partial charge is 0.411 e. The van der Waals surface area contributed by atoms with Crippen LogP contribution in [-0.2, 0) is 11.3 Å². The second kappa shape index (κ2) is 9.47. The third-order valence-corrected chi connectivity index (χ3v) is 5.07. The second-order valence-corrected chi connectivity index (χ2v) is 7.28. The molecule has 29 heavy (non-hydrogen) atoms. The van der Waals surface area contributed by atoms with Crippen molar-refractivity contribution >= 4 is 28.3 Å². The molecule has 1 atom stereocenters. The zero-order valence-corrected chi connectivity index (χ0v) is 17.5. The lowest BCUT2D eigenvalue weighted by molar-refractivity contribution is -0.107. The van der Waals surface area contributed by atoms with Crippen LogP contribution in [0.15, 0.2) is 53.1 Å². The Bertz CT molecular complexity index is 987. The fraction of sp³-hybridized carbons (Fsp3) is 0.238. The van der Waals surface area contributed by atoms with Crippen LogP contribution in [0.4, 0.5) is 4.79 Å². The van der Waals surface area contributed by atoms with Gasteiger partial charge in [-0.05, 0) is 43.2 Å². The maximum absolute atomic E-state index is 11.6. The first-order chi connectivity index (χ1) is 14.0. The minimum absolute atomic E-state index is 0.236. The molecular formula is C21H21BrN4O3. The molecule has 1 unspecified atom stereocenters. The first-order valence-corrected chi connectivity index (χ1v) is 10.0. The summed E-state index contributed by atoms with van der Waals surface area (Å²) in [5.41, 5.74) is 8.25. The molecule has 7 nitrogen and oxygen atoms in total. The molecule has 0 bridgehead atoms. The molecule has 0 aliphatic carbocycles. The average molecular weight is 457 g/mol. The maximum atomic E-state index is 11.6. The molecular weight excluding hydrogens is 436 g/mol. The summed E-state index contributed by atoms with van der Waals surface area (Å²) in [4.78, 5) is 27.2. The summed E-state index contributed by atoms with van der Waals surface area (Å²) in [5.74, 6) is 0.0411. The van der Waals surface area contributed by atoms with Gasteiger partial charge in [0.1, 0.15) is 12.0 Å². The molecule has 8 heteroatoms. The first kappa shape index (κ1) is 20.7. The van der Waals surface area contributed by atoms with Gasteiger partial charge in [0.15, 0.2) is 0 Å². The van der Waals surface area contributed by atoms with E-state index in [9.17, 15) is 9.59 Å². The molecule has 2 heterocycles. The molecule has 1 amide bonds. The van der Waals surface area contributed by atoms with Crippen LogP contribution in [0.1, 0.15) is 36.8 Å². The minimum atomic E-state index is -0.918. The molecule has 2 N–H and O–H groups in total. The number of carbonyl (C=O) groups is 2. The van der Waals surface area contributed by atoms with E-state index < -0.39 is 6.09 Å². The summed E-state index contributed by atoms with van der Waals surface area (Å²) in [6.45, 7) is 2.37. The van der Waals surface area contributed by atoms with Gasteiger partial charge < -0.3 is 15.3 Å². The Morgan fingerprint density at radius 3 is 2.62 bits per heavy atom. The molecule has 2 aromatic heterocycles. The molecule has 150 valence electrons. The smallest absolute Gasteiger partial charge is 0.391 e. The van der Waals surface area contributed by atoms with Gasteiger partial charge in [0.2, 0.25) is 5.88 Å². The van der Waals surface area contributed by atoms with Crippen molar-refractivity contribution in [3.63, 3.8) is 0 Å². The number of nitrogens with two attached hydrogens (primary N) is 1. The zero-order chi connectivity index (χ0) is 20.8. The number of carbonyl (C=O) groups excluding carboxylic acids is 2. The van der Waals surface area contributed by atoms with Crippen molar-refractivity contribution in [2.75, 3.05) is 0 Å². The lowest BCUT2D eigenvalue weighted by Crippen LogP contribution is -2.20. The monoisotopic (exact) mass is 456 g/mol. The lowest BCUT2D eigenvalue weighted by Gasteiger charge is -2.18. The Hall–Kier alpha value is -3.00. The van der Waals surface area contributed by atoms with Crippen LogP contribution in [0.2, 0.25) is 0 Å². The van der Waals surface area contributed by atoms with Gasteiger partial charge in [-0.2, -0.15) is 5.10 Å². The number of pyridine rings is 1.